The zero-order valence-electron chi connectivity index (χ0n) is 19.7. The zero-order valence-corrected chi connectivity index (χ0v) is 19.7. The van der Waals surface area contributed by atoms with E-state index in [1.807, 2.05) is 6.07 Å². The maximum absolute atomic E-state index is 13.9. The van der Waals surface area contributed by atoms with Crippen LogP contribution < -0.4 is 15.4 Å². The molecule has 5 rings (SSSR count). The number of carbonyl (C=O) groups is 2. The topological polar surface area (TPSA) is 110 Å². The number of pyridine rings is 1. The molecule has 3 N–H and O–H groups in total. The van der Waals surface area contributed by atoms with Crippen LogP contribution in [-0.4, -0.2) is 46.8 Å². The van der Waals surface area contributed by atoms with Crippen molar-refractivity contribution in [3.63, 3.8) is 0 Å². The van der Waals surface area contributed by atoms with Crippen LogP contribution in [0.3, 0.4) is 0 Å². The highest BCUT2D eigenvalue weighted by atomic mass is 19.1. The van der Waals surface area contributed by atoms with Crippen molar-refractivity contribution in [2.24, 2.45) is 0 Å². The van der Waals surface area contributed by atoms with E-state index >= 15 is 0 Å². The quantitative estimate of drug-likeness (QED) is 0.451. The third kappa shape index (κ3) is 5.45. The summed E-state index contributed by atoms with van der Waals surface area (Å²) in [7, 11) is 0. The Morgan fingerprint density at radius 3 is 2.78 bits per heavy atom. The van der Waals surface area contributed by atoms with E-state index in [0.717, 1.165) is 23.8 Å². The molecule has 4 atom stereocenters. The van der Waals surface area contributed by atoms with Crippen LogP contribution in [-0.2, 0) is 16.1 Å². The summed E-state index contributed by atoms with van der Waals surface area (Å²) >= 11 is 0. The van der Waals surface area contributed by atoms with Gasteiger partial charge in [0.25, 0.3) is 5.91 Å². The molecule has 3 heterocycles. The second-order valence-electron chi connectivity index (χ2n) is 9.07. The Balaban J connectivity index is 1.26. The highest BCUT2D eigenvalue weighted by molar-refractivity contribution is 6.04. The summed E-state index contributed by atoms with van der Waals surface area (Å²) in [6.07, 6.45) is 1.86. The van der Waals surface area contributed by atoms with Gasteiger partial charge in [-0.05, 0) is 55.0 Å². The van der Waals surface area contributed by atoms with E-state index in [-0.39, 0.29) is 42.9 Å². The van der Waals surface area contributed by atoms with Crippen LogP contribution in [0, 0.1) is 11.6 Å². The van der Waals surface area contributed by atoms with Crippen LogP contribution in [0.1, 0.15) is 40.2 Å². The molecule has 3 aromatic rings. The molecule has 192 valence electrons. The lowest BCUT2D eigenvalue weighted by Gasteiger charge is -2.37. The Morgan fingerprint density at radius 1 is 1.14 bits per heavy atom. The normalized spacial score (nSPS) is 21.9. The first-order valence-electron chi connectivity index (χ1n) is 11.9. The Kier molecular flexibility index (Phi) is 7.11. The maximum atomic E-state index is 13.9. The van der Waals surface area contributed by atoms with Gasteiger partial charge in [-0.1, -0.05) is 0 Å². The van der Waals surface area contributed by atoms with Crippen LogP contribution in [0.2, 0.25) is 0 Å². The Bertz CT molecular complexity index is 1310. The first kappa shape index (κ1) is 24.8. The molecule has 2 aromatic carbocycles. The van der Waals surface area contributed by atoms with Crippen molar-refractivity contribution in [1.29, 1.82) is 0 Å². The number of benzene rings is 2. The molecule has 0 aliphatic carbocycles. The third-order valence-electron chi connectivity index (χ3n) is 6.58. The fourth-order valence-corrected chi connectivity index (χ4v) is 4.82. The predicted molar refractivity (Wildman–Crippen MR) is 129 cm³/mol. The molecule has 0 bridgehead atoms. The summed E-state index contributed by atoms with van der Waals surface area (Å²) < 4.78 is 39.3. The monoisotopic (exact) mass is 509 g/mol. The van der Waals surface area contributed by atoms with Gasteiger partial charge in [0.15, 0.2) is 0 Å². The number of amides is 2. The largest absolute Gasteiger partial charge is 0.487 e. The molecule has 10 heteroatoms. The molecule has 37 heavy (non-hydrogen) atoms. The summed E-state index contributed by atoms with van der Waals surface area (Å²) in [6.45, 7) is -0.455. The number of ether oxygens (including phenoxy) is 2. The van der Waals surface area contributed by atoms with Gasteiger partial charge in [-0.25, -0.2) is 8.78 Å². The Hall–Kier alpha value is -3.89. The summed E-state index contributed by atoms with van der Waals surface area (Å²) in [4.78, 5) is 29.1. The van der Waals surface area contributed by atoms with E-state index in [9.17, 15) is 23.5 Å². The second-order valence-corrected chi connectivity index (χ2v) is 9.07. The maximum Gasteiger partial charge on any atom is 0.257 e. The number of hydrogen-bond donors (Lipinski definition) is 3. The second kappa shape index (κ2) is 10.6. The van der Waals surface area contributed by atoms with Gasteiger partial charge in [0.1, 0.15) is 29.6 Å². The standard InChI is InChI=1S/C27H25F2N3O5/c28-17-3-5-22(29)16(8-17)13-31-25(34)11-19-10-21-20-9-18(32-27(35)15-2-1-7-30-12-15)4-6-23(20)37-26(21)24(14-33)36-19/h1-9,12,19,21,24,26,33H,10-11,13-14H2,(H,31,34)(H,32,35)/t19-,21-,24+,26+/m1/s1. The number of anilines is 1. The SMILES string of the molecule is O=C(C[C@H]1C[C@@H]2c3cc(NC(=O)c4cccnc4)ccc3O[C@@H]2[C@H](CO)O1)NCc1cc(F)ccc1F. The van der Waals surface area contributed by atoms with E-state index in [0.29, 0.717) is 23.4 Å². The molecular formula is C27H25F2N3O5. The van der Waals surface area contributed by atoms with Gasteiger partial charge >= 0.3 is 0 Å². The lowest BCUT2D eigenvalue weighted by atomic mass is 9.84. The van der Waals surface area contributed by atoms with Crippen LogP contribution in [0.4, 0.5) is 14.5 Å². The van der Waals surface area contributed by atoms with Crippen molar-refractivity contribution >= 4 is 17.5 Å². The predicted octanol–water partition coefficient (Wildman–Crippen LogP) is 3.31. The fourth-order valence-electron chi connectivity index (χ4n) is 4.82. The van der Waals surface area contributed by atoms with Crippen molar-refractivity contribution in [2.45, 2.75) is 43.6 Å². The number of rotatable bonds is 7. The summed E-state index contributed by atoms with van der Waals surface area (Å²) in [6, 6.07) is 11.7. The first-order chi connectivity index (χ1) is 17.9. The molecule has 2 amide bonds. The number of aromatic nitrogens is 1. The average Bonchev–Trinajstić information content (AvgIpc) is 3.27. The van der Waals surface area contributed by atoms with Crippen molar-refractivity contribution in [2.75, 3.05) is 11.9 Å². The fraction of sp³-hybridized carbons (Fsp3) is 0.296. The minimum atomic E-state index is -0.655. The van der Waals surface area contributed by atoms with E-state index in [4.69, 9.17) is 9.47 Å². The minimum Gasteiger partial charge on any atom is -0.487 e. The van der Waals surface area contributed by atoms with Crippen LogP contribution in [0.25, 0.3) is 0 Å². The van der Waals surface area contributed by atoms with Gasteiger partial charge in [0.2, 0.25) is 5.91 Å². The molecule has 1 saturated heterocycles. The number of halogens is 2. The number of carbonyl (C=O) groups excluding carboxylic acids is 2. The van der Waals surface area contributed by atoms with Gasteiger partial charge in [0.05, 0.1) is 24.7 Å². The third-order valence-corrected chi connectivity index (χ3v) is 6.58. The number of nitrogens with one attached hydrogen (secondary N) is 2. The van der Waals surface area contributed by atoms with Gasteiger partial charge < -0.3 is 25.2 Å². The summed E-state index contributed by atoms with van der Waals surface area (Å²) in [5, 5.41) is 15.4. The molecule has 0 saturated carbocycles. The van der Waals surface area contributed by atoms with Gasteiger partial charge in [-0.15, -0.1) is 0 Å². The van der Waals surface area contributed by atoms with Crippen molar-refractivity contribution in [3.8, 4) is 5.75 Å². The molecular weight excluding hydrogens is 484 g/mol. The van der Waals surface area contributed by atoms with Crippen molar-refractivity contribution in [3.05, 3.63) is 89.2 Å². The zero-order chi connectivity index (χ0) is 25.9. The molecule has 0 unspecified atom stereocenters. The van der Waals surface area contributed by atoms with Crippen molar-refractivity contribution < 1.29 is 33.0 Å². The van der Waals surface area contributed by atoms with Crippen LogP contribution >= 0.6 is 0 Å². The molecule has 2 aliphatic rings. The van der Waals surface area contributed by atoms with E-state index in [1.165, 1.54) is 6.20 Å². The molecule has 8 nitrogen and oxygen atoms in total. The molecule has 0 spiro atoms. The average molecular weight is 510 g/mol. The number of fused-ring (bicyclic) bond motifs is 3. The highest BCUT2D eigenvalue weighted by Gasteiger charge is 2.46. The van der Waals surface area contributed by atoms with Crippen molar-refractivity contribution in [1.82, 2.24) is 10.3 Å². The van der Waals surface area contributed by atoms with E-state index < -0.39 is 29.9 Å². The number of hydrogen-bond acceptors (Lipinski definition) is 6. The van der Waals surface area contributed by atoms with Gasteiger partial charge in [0, 0.05) is 41.7 Å². The lowest BCUT2D eigenvalue weighted by Crippen LogP contribution is -2.47. The van der Waals surface area contributed by atoms with E-state index in [1.54, 1.807) is 30.5 Å². The number of nitrogens with zero attached hydrogens (tertiary/aromatic N) is 1. The Labute approximate surface area is 211 Å². The van der Waals surface area contributed by atoms with Gasteiger partial charge in [-0.2, -0.15) is 0 Å². The van der Waals surface area contributed by atoms with Crippen LogP contribution in [0.5, 0.6) is 5.75 Å². The minimum absolute atomic E-state index is 0.0244. The van der Waals surface area contributed by atoms with Crippen LogP contribution in [0.15, 0.2) is 60.9 Å². The smallest absolute Gasteiger partial charge is 0.257 e. The molecule has 1 fully saturated rings. The molecule has 1 aromatic heterocycles. The molecule has 0 radical (unpaired) electrons. The van der Waals surface area contributed by atoms with E-state index in [2.05, 4.69) is 15.6 Å². The highest BCUT2D eigenvalue weighted by Crippen LogP contribution is 2.47. The number of aliphatic hydroxyl groups is 1. The lowest BCUT2D eigenvalue weighted by molar-refractivity contribution is -0.142. The number of aliphatic hydroxyl groups excluding tert-OH is 1. The first-order valence-corrected chi connectivity index (χ1v) is 11.9. The molecule has 2 aliphatic heterocycles. The van der Waals surface area contributed by atoms with Gasteiger partial charge in [-0.3, -0.25) is 14.6 Å². The Morgan fingerprint density at radius 2 is 2.00 bits per heavy atom. The summed E-state index contributed by atoms with van der Waals surface area (Å²) in [5.41, 5.74) is 1.90. The summed E-state index contributed by atoms with van der Waals surface area (Å²) in [5.74, 6) is -1.43.